The Morgan fingerprint density at radius 2 is 0.789 bits per heavy atom. The summed E-state index contributed by atoms with van der Waals surface area (Å²) in [6.07, 6.45) is 7.68. The molecule has 19 heavy (non-hydrogen) atoms. The predicted octanol–water partition coefficient (Wildman–Crippen LogP) is -3.86. The van der Waals surface area contributed by atoms with Crippen LogP contribution >= 0.6 is 0 Å². The zero-order valence-electron chi connectivity index (χ0n) is 13.3. The summed E-state index contributed by atoms with van der Waals surface area (Å²) in [5, 5.41) is 25.2. The second kappa shape index (κ2) is 36.1. The lowest BCUT2D eigenvalue weighted by molar-refractivity contribution is -0.479. The fraction of sp³-hybridized carbons (Fsp3) is 1.00. The molecule has 6 nitrogen and oxygen atoms in total. The molecule has 0 aliphatic rings. The van der Waals surface area contributed by atoms with E-state index in [1.807, 2.05) is 0 Å². The first-order valence-corrected chi connectivity index (χ1v) is 7.33. The van der Waals surface area contributed by atoms with Crippen LogP contribution in [-0.4, -0.2) is 27.0 Å². The van der Waals surface area contributed by atoms with Gasteiger partial charge in [0.25, 0.3) is 0 Å². The van der Waals surface area contributed by atoms with E-state index < -0.39 is 7.32 Å². The number of hydrogen-bond acceptors (Lipinski definition) is 3. The molecular weight excluding hydrogens is 245 g/mol. The number of rotatable bonds is 6. The molecule has 0 rings (SSSR count). The molecule has 0 atom stereocenters. The van der Waals surface area contributed by atoms with Gasteiger partial charge < -0.3 is 32.3 Å². The van der Waals surface area contributed by atoms with E-state index in [1.54, 1.807) is 0 Å². The standard InChI is InChI=1S/3C4H11N.BO3/c3*1-2-3-4-5;2-1(3)4/h3*2-5H2,1H3;/q;;;-3/p+3. The highest BCUT2D eigenvalue weighted by Gasteiger charge is 1.72. The normalized spacial score (nSPS) is 8.05. The SMILES string of the molecule is CCCC[NH3+].CCCC[NH3+].CCCC[NH3+].[O-]B([O-])[O-]. The Labute approximate surface area is 119 Å². The van der Waals surface area contributed by atoms with Crippen LogP contribution in [0.2, 0.25) is 0 Å². The van der Waals surface area contributed by atoms with Gasteiger partial charge in [0.2, 0.25) is 0 Å². The van der Waals surface area contributed by atoms with Gasteiger partial charge >= 0.3 is 0 Å². The molecule has 0 bridgehead atoms. The van der Waals surface area contributed by atoms with Gasteiger partial charge in [0.1, 0.15) is 0 Å². The van der Waals surface area contributed by atoms with E-state index in [-0.39, 0.29) is 0 Å². The summed E-state index contributed by atoms with van der Waals surface area (Å²) in [5.74, 6) is 0. The minimum absolute atomic E-state index is 1.09. The third-order valence-electron chi connectivity index (χ3n) is 1.81. The minimum atomic E-state index is -2.92. The highest BCUT2D eigenvalue weighted by Crippen LogP contribution is 1.76. The van der Waals surface area contributed by atoms with Crippen molar-refractivity contribution in [1.82, 2.24) is 0 Å². The van der Waals surface area contributed by atoms with Crippen LogP contribution in [0.3, 0.4) is 0 Å². The quantitative estimate of drug-likeness (QED) is 0.427. The van der Waals surface area contributed by atoms with Crippen molar-refractivity contribution >= 4 is 7.32 Å². The highest BCUT2D eigenvalue weighted by atomic mass is 16.5. The van der Waals surface area contributed by atoms with Crippen LogP contribution < -0.4 is 32.3 Å². The van der Waals surface area contributed by atoms with Crippen LogP contribution in [0.15, 0.2) is 0 Å². The van der Waals surface area contributed by atoms with Crippen molar-refractivity contribution in [1.29, 1.82) is 0 Å². The summed E-state index contributed by atoms with van der Waals surface area (Å²) in [7, 11) is -2.92. The van der Waals surface area contributed by atoms with Gasteiger partial charge in [-0.25, -0.2) is 0 Å². The third-order valence-corrected chi connectivity index (χ3v) is 1.81. The van der Waals surface area contributed by atoms with Gasteiger partial charge in [-0.05, 0) is 19.3 Å². The Morgan fingerprint density at radius 1 is 0.632 bits per heavy atom. The summed E-state index contributed by atoms with van der Waals surface area (Å²) >= 11 is 0. The molecule has 0 saturated heterocycles. The minimum Gasteiger partial charge on any atom is -0.907 e. The van der Waals surface area contributed by atoms with Gasteiger partial charge in [-0.1, -0.05) is 40.0 Å². The number of hydrogen-bond donors (Lipinski definition) is 3. The monoisotopic (exact) mass is 281 g/mol. The van der Waals surface area contributed by atoms with E-state index in [0.717, 1.165) is 19.6 Å². The molecule has 0 saturated carbocycles. The third kappa shape index (κ3) is 132. The van der Waals surface area contributed by atoms with Crippen LogP contribution in [-0.2, 0) is 0 Å². The summed E-state index contributed by atoms with van der Waals surface area (Å²) in [4.78, 5) is 0. The zero-order chi connectivity index (χ0) is 15.9. The summed E-state index contributed by atoms with van der Waals surface area (Å²) in [6.45, 7) is 9.80. The van der Waals surface area contributed by atoms with Gasteiger partial charge in [0.15, 0.2) is 0 Å². The van der Waals surface area contributed by atoms with Crippen molar-refractivity contribution in [3.8, 4) is 0 Å². The topological polar surface area (TPSA) is 152 Å². The summed E-state index contributed by atoms with van der Waals surface area (Å²) < 4.78 is 0. The Hall–Kier alpha value is -0.175. The molecule has 0 spiro atoms. The number of quaternary nitrogens is 3. The lowest BCUT2D eigenvalue weighted by Crippen LogP contribution is -2.56. The molecule has 0 aromatic rings. The van der Waals surface area contributed by atoms with E-state index in [0.29, 0.717) is 0 Å². The van der Waals surface area contributed by atoms with Gasteiger partial charge in [0.05, 0.1) is 19.6 Å². The maximum absolute atomic E-state index is 8.42. The second-order valence-electron chi connectivity index (χ2n) is 3.91. The highest BCUT2D eigenvalue weighted by molar-refractivity contribution is 6.24. The van der Waals surface area contributed by atoms with Crippen molar-refractivity contribution in [2.45, 2.75) is 59.3 Å². The fourth-order valence-electron chi connectivity index (χ4n) is 0.750. The van der Waals surface area contributed by atoms with Crippen LogP contribution in [0.25, 0.3) is 0 Å². The lowest BCUT2D eigenvalue weighted by atomic mass is 10.3. The first kappa shape index (κ1) is 27.2. The van der Waals surface area contributed by atoms with Crippen molar-refractivity contribution in [2.75, 3.05) is 19.6 Å². The Kier molecular flexibility index (Phi) is 51.7. The molecule has 0 aromatic heterocycles. The maximum Gasteiger partial charge on any atom is 0.0739 e. The molecule has 0 aliphatic carbocycles. The zero-order valence-corrected chi connectivity index (χ0v) is 13.3. The molecule has 0 fully saturated rings. The van der Waals surface area contributed by atoms with E-state index in [1.165, 1.54) is 38.5 Å². The van der Waals surface area contributed by atoms with Gasteiger partial charge in [-0.2, -0.15) is 0 Å². The van der Waals surface area contributed by atoms with Gasteiger partial charge in [-0.3, -0.25) is 7.32 Å². The molecule has 0 radical (unpaired) electrons. The molecule has 0 heterocycles. The van der Waals surface area contributed by atoms with Crippen LogP contribution in [0.1, 0.15) is 59.3 Å². The average Bonchev–Trinajstić information content (AvgIpc) is 2.33. The van der Waals surface area contributed by atoms with Crippen LogP contribution in [0, 0.1) is 0 Å². The predicted molar refractivity (Wildman–Crippen MR) is 73.7 cm³/mol. The Morgan fingerprint density at radius 3 is 0.789 bits per heavy atom. The van der Waals surface area contributed by atoms with Gasteiger partial charge in [0, 0.05) is 0 Å². The van der Waals surface area contributed by atoms with Crippen molar-refractivity contribution < 1.29 is 32.3 Å². The van der Waals surface area contributed by atoms with Crippen molar-refractivity contribution in [3.63, 3.8) is 0 Å². The van der Waals surface area contributed by atoms with E-state index in [2.05, 4.69) is 38.0 Å². The van der Waals surface area contributed by atoms with E-state index in [4.69, 9.17) is 15.1 Å². The molecule has 7 heteroatoms. The van der Waals surface area contributed by atoms with E-state index >= 15 is 0 Å². The lowest BCUT2D eigenvalue weighted by Gasteiger charge is -2.35. The fourth-order valence-corrected chi connectivity index (χ4v) is 0.750. The molecule has 0 aromatic carbocycles. The van der Waals surface area contributed by atoms with Crippen molar-refractivity contribution in [3.05, 3.63) is 0 Å². The average molecular weight is 281 g/mol. The summed E-state index contributed by atoms with van der Waals surface area (Å²) in [6, 6.07) is 0. The second-order valence-corrected chi connectivity index (χ2v) is 3.91. The first-order chi connectivity index (χ1) is 8.97. The molecular formula is C12H36BN3O3. The van der Waals surface area contributed by atoms with Crippen LogP contribution in [0.5, 0.6) is 0 Å². The first-order valence-electron chi connectivity index (χ1n) is 7.33. The molecule has 0 unspecified atom stereocenters. The Balaban J connectivity index is -0.0000000793. The molecule has 120 valence electrons. The largest absolute Gasteiger partial charge is 0.907 e. The van der Waals surface area contributed by atoms with E-state index in [9.17, 15) is 0 Å². The van der Waals surface area contributed by atoms with Crippen molar-refractivity contribution in [2.24, 2.45) is 0 Å². The molecule has 0 aliphatic heterocycles. The van der Waals surface area contributed by atoms with Gasteiger partial charge in [-0.15, -0.1) is 0 Å². The molecule has 0 amide bonds. The van der Waals surface area contributed by atoms with Crippen LogP contribution in [0.4, 0.5) is 0 Å². The smallest absolute Gasteiger partial charge is 0.0739 e. The Bertz CT molecular complexity index is 89.2. The molecule has 9 N–H and O–H groups in total. The maximum atomic E-state index is 8.42. The number of unbranched alkanes of at least 4 members (excludes halogenated alkanes) is 3. The summed E-state index contributed by atoms with van der Waals surface area (Å²) in [5.41, 5.74) is 11.0.